The van der Waals surface area contributed by atoms with E-state index in [0.717, 1.165) is 0 Å². The van der Waals surface area contributed by atoms with Gasteiger partial charge < -0.3 is 4.42 Å². The molecule has 0 N–H and O–H groups in total. The van der Waals surface area contributed by atoms with Crippen LogP contribution in [-0.2, 0) is 0 Å². The molecule has 2 aromatic rings. The summed E-state index contributed by atoms with van der Waals surface area (Å²) in [7, 11) is 0. The standard InChI is InChI=1S/C12H5BrClNO2/c13-9-3-7(5-15)4-10(14)12(9)11-2-1-8(6-16)17-11/h1-4,6H. The highest BCUT2D eigenvalue weighted by molar-refractivity contribution is 9.10. The van der Waals surface area contributed by atoms with Gasteiger partial charge in [0.15, 0.2) is 12.0 Å². The fourth-order valence-corrected chi connectivity index (χ4v) is 2.51. The molecule has 84 valence electrons. The smallest absolute Gasteiger partial charge is 0.185 e. The van der Waals surface area contributed by atoms with E-state index >= 15 is 0 Å². The van der Waals surface area contributed by atoms with E-state index in [2.05, 4.69) is 15.9 Å². The van der Waals surface area contributed by atoms with Crippen LogP contribution in [0.5, 0.6) is 0 Å². The largest absolute Gasteiger partial charge is 0.453 e. The molecule has 2 rings (SSSR count). The van der Waals surface area contributed by atoms with E-state index in [4.69, 9.17) is 21.3 Å². The molecule has 1 heterocycles. The van der Waals surface area contributed by atoms with E-state index in [1.807, 2.05) is 6.07 Å². The van der Waals surface area contributed by atoms with E-state index in [1.54, 1.807) is 24.3 Å². The summed E-state index contributed by atoms with van der Waals surface area (Å²) in [5.74, 6) is 0.709. The monoisotopic (exact) mass is 309 g/mol. The molecule has 0 aliphatic carbocycles. The molecule has 0 fully saturated rings. The summed E-state index contributed by atoms with van der Waals surface area (Å²) in [5, 5.41) is 9.18. The summed E-state index contributed by atoms with van der Waals surface area (Å²) in [5.41, 5.74) is 1.08. The predicted octanol–water partition coefficient (Wildman–Crippen LogP) is 4.05. The van der Waals surface area contributed by atoms with Gasteiger partial charge >= 0.3 is 0 Å². The van der Waals surface area contributed by atoms with Crippen molar-refractivity contribution in [3.63, 3.8) is 0 Å². The van der Waals surface area contributed by atoms with Crippen molar-refractivity contribution in [2.45, 2.75) is 0 Å². The first-order valence-corrected chi connectivity index (χ1v) is 5.77. The zero-order chi connectivity index (χ0) is 12.4. The summed E-state index contributed by atoms with van der Waals surface area (Å²) >= 11 is 9.39. The maximum Gasteiger partial charge on any atom is 0.185 e. The van der Waals surface area contributed by atoms with Crippen LogP contribution in [-0.4, -0.2) is 6.29 Å². The number of hydrogen-bond donors (Lipinski definition) is 0. The number of carbonyl (C=O) groups excluding carboxylic acids is 1. The molecule has 0 spiro atoms. The Morgan fingerprint density at radius 1 is 1.41 bits per heavy atom. The Morgan fingerprint density at radius 3 is 2.71 bits per heavy atom. The third-order valence-electron chi connectivity index (χ3n) is 2.16. The summed E-state index contributed by atoms with van der Waals surface area (Å²) in [6.45, 7) is 0. The van der Waals surface area contributed by atoms with Crippen LogP contribution >= 0.6 is 27.5 Å². The molecule has 0 saturated carbocycles. The minimum absolute atomic E-state index is 0.229. The number of halogens is 2. The topological polar surface area (TPSA) is 54.0 Å². The van der Waals surface area contributed by atoms with Gasteiger partial charge in [0, 0.05) is 4.47 Å². The van der Waals surface area contributed by atoms with Gasteiger partial charge in [0.25, 0.3) is 0 Å². The van der Waals surface area contributed by atoms with E-state index in [9.17, 15) is 4.79 Å². The highest BCUT2D eigenvalue weighted by atomic mass is 79.9. The first-order valence-electron chi connectivity index (χ1n) is 4.60. The van der Waals surface area contributed by atoms with Gasteiger partial charge in [-0.1, -0.05) is 11.6 Å². The second kappa shape index (κ2) is 4.74. The second-order valence-electron chi connectivity index (χ2n) is 3.25. The van der Waals surface area contributed by atoms with Crippen molar-refractivity contribution in [3.05, 3.63) is 45.1 Å². The zero-order valence-electron chi connectivity index (χ0n) is 8.41. The lowest BCUT2D eigenvalue weighted by atomic mass is 10.1. The Labute approximate surface area is 111 Å². The maximum atomic E-state index is 10.5. The average molecular weight is 311 g/mol. The number of carbonyl (C=O) groups is 1. The van der Waals surface area contributed by atoms with E-state index in [0.29, 0.717) is 32.7 Å². The predicted molar refractivity (Wildman–Crippen MR) is 67.0 cm³/mol. The molecule has 0 aliphatic rings. The van der Waals surface area contributed by atoms with Gasteiger partial charge in [0.1, 0.15) is 5.76 Å². The first kappa shape index (κ1) is 11.9. The lowest BCUT2D eigenvalue weighted by Crippen LogP contribution is -1.83. The van der Waals surface area contributed by atoms with Crippen LogP contribution < -0.4 is 0 Å². The highest BCUT2D eigenvalue weighted by Gasteiger charge is 2.13. The third-order valence-corrected chi connectivity index (χ3v) is 3.08. The number of rotatable bonds is 2. The van der Waals surface area contributed by atoms with Gasteiger partial charge in [0.05, 0.1) is 22.2 Å². The number of aldehydes is 1. The molecule has 17 heavy (non-hydrogen) atoms. The minimum atomic E-state index is 0.229. The Hall–Kier alpha value is -1.57. The fourth-order valence-electron chi connectivity index (χ4n) is 1.42. The molecule has 3 nitrogen and oxygen atoms in total. The van der Waals surface area contributed by atoms with Crippen molar-refractivity contribution in [2.75, 3.05) is 0 Å². The summed E-state index contributed by atoms with van der Waals surface area (Å²) in [4.78, 5) is 10.5. The number of nitriles is 1. The van der Waals surface area contributed by atoms with E-state index in [-0.39, 0.29) is 5.76 Å². The third kappa shape index (κ3) is 2.26. The van der Waals surface area contributed by atoms with Crippen LogP contribution in [0.1, 0.15) is 16.1 Å². The van der Waals surface area contributed by atoms with Crippen LogP contribution in [0.2, 0.25) is 5.02 Å². The molecule has 0 amide bonds. The van der Waals surface area contributed by atoms with Crippen LogP contribution in [0.25, 0.3) is 11.3 Å². The molecular weight excluding hydrogens is 305 g/mol. The van der Waals surface area contributed by atoms with Crippen LogP contribution in [0, 0.1) is 11.3 Å². The molecular formula is C12H5BrClNO2. The molecule has 1 aromatic heterocycles. The molecule has 1 aromatic carbocycles. The molecule has 0 aliphatic heterocycles. The molecule has 0 bridgehead atoms. The lowest BCUT2D eigenvalue weighted by molar-refractivity contribution is 0.110. The van der Waals surface area contributed by atoms with Gasteiger partial charge in [-0.25, -0.2) is 0 Å². The molecule has 5 heteroatoms. The first-order chi connectivity index (χ1) is 8.15. The molecule has 0 unspecified atom stereocenters. The van der Waals surface area contributed by atoms with E-state index < -0.39 is 0 Å². The fraction of sp³-hybridized carbons (Fsp3) is 0. The van der Waals surface area contributed by atoms with Crippen LogP contribution in [0.3, 0.4) is 0 Å². The maximum absolute atomic E-state index is 10.5. The van der Waals surface area contributed by atoms with Gasteiger partial charge in [-0.05, 0) is 40.2 Å². The summed E-state index contributed by atoms with van der Waals surface area (Å²) < 4.78 is 5.94. The quantitative estimate of drug-likeness (QED) is 0.786. The SMILES string of the molecule is N#Cc1cc(Cl)c(-c2ccc(C=O)o2)c(Br)c1. The normalized spacial score (nSPS) is 9.94. The number of benzene rings is 1. The molecule has 0 saturated heterocycles. The van der Waals surface area contributed by atoms with Crippen molar-refractivity contribution < 1.29 is 9.21 Å². The zero-order valence-corrected chi connectivity index (χ0v) is 10.7. The van der Waals surface area contributed by atoms with Gasteiger partial charge in [0.2, 0.25) is 0 Å². The Balaban J connectivity index is 2.60. The number of hydrogen-bond acceptors (Lipinski definition) is 3. The second-order valence-corrected chi connectivity index (χ2v) is 4.51. The lowest BCUT2D eigenvalue weighted by Gasteiger charge is -2.04. The van der Waals surface area contributed by atoms with Crippen molar-refractivity contribution in [2.24, 2.45) is 0 Å². The van der Waals surface area contributed by atoms with Gasteiger partial charge in [-0.15, -0.1) is 0 Å². The highest BCUT2D eigenvalue weighted by Crippen LogP contribution is 2.36. The van der Waals surface area contributed by atoms with Gasteiger partial charge in [-0.2, -0.15) is 5.26 Å². The molecule has 0 radical (unpaired) electrons. The summed E-state index contributed by atoms with van der Waals surface area (Å²) in [6.07, 6.45) is 0.620. The Morgan fingerprint density at radius 2 is 2.18 bits per heavy atom. The Bertz CT molecular complexity index is 605. The number of nitrogens with zero attached hydrogens (tertiary/aromatic N) is 1. The summed E-state index contributed by atoms with van der Waals surface area (Å²) in [6, 6.07) is 8.41. The van der Waals surface area contributed by atoms with Crippen molar-refractivity contribution in [1.29, 1.82) is 5.26 Å². The average Bonchev–Trinajstić information content (AvgIpc) is 2.76. The number of furan rings is 1. The van der Waals surface area contributed by atoms with Crippen LogP contribution in [0.15, 0.2) is 33.2 Å². The van der Waals surface area contributed by atoms with Crippen molar-refractivity contribution >= 4 is 33.8 Å². The molecule has 0 atom stereocenters. The Kier molecular flexibility index (Phi) is 3.32. The van der Waals surface area contributed by atoms with E-state index in [1.165, 1.54) is 0 Å². The van der Waals surface area contributed by atoms with Crippen molar-refractivity contribution in [1.82, 2.24) is 0 Å². The van der Waals surface area contributed by atoms with Gasteiger partial charge in [-0.3, -0.25) is 4.79 Å². The van der Waals surface area contributed by atoms with Crippen molar-refractivity contribution in [3.8, 4) is 17.4 Å². The minimum Gasteiger partial charge on any atom is -0.453 e. The van der Waals surface area contributed by atoms with Crippen LogP contribution in [0.4, 0.5) is 0 Å².